The maximum absolute atomic E-state index is 12.5. The van der Waals surface area contributed by atoms with Crippen molar-refractivity contribution in [2.24, 2.45) is 0 Å². The molecule has 10 nitrogen and oxygen atoms in total. The van der Waals surface area contributed by atoms with Crippen LogP contribution in [-0.2, 0) is 16.0 Å². The van der Waals surface area contributed by atoms with Crippen LogP contribution in [0.4, 0.5) is 22.7 Å². The molecule has 1 unspecified atom stereocenters. The van der Waals surface area contributed by atoms with E-state index in [-0.39, 0.29) is 28.4 Å². The molecule has 0 amide bonds. The minimum absolute atomic E-state index is 0.00297. The zero-order chi connectivity index (χ0) is 24.8. The molecular formula is C23H23N3O7S. The number of hydrogen-bond acceptors (Lipinski definition) is 7. The van der Waals surface area contributed by atoms with Crippen LogP contribution in [0.2, 0.25) is 0 Å². The molecule has 0 aromatic heterocycles. The third kappa shape index (κ3) is 5.50. The van der Waals surface area contributed by atoms with Crippen LogP contribution in [0.5, 0.6) is 11.5 Å². The van der Waals surface area contributed by atoms with E-state index in [0.717, 1.165) is 9.87 Å². The van der Waals surface area contributed by atoms with E-state index in [2.05, 4.69) is 5.32 Å². The Kier molecular flexibility index (Phi) is 7.82. The molecule has 0 saturated heterocycles. The van der Waals surface area contributed by atoms with E-state index >= 15 is 0 Å². The summed E-state index contributed by atoms with van der Waals surface area (Å²) in [6, 6.07) is 15.5. The van der Waals surface area contributed by atoms with E-state index in [1.165, 1.54) is 43.5 Å². The highest BCUT2D eigenvalue weighted by Gasteiger charge is 2.24. The number of nitrogens with zero attached hydrogens (tertiary/aromatic N) is 2. The van der Waals surface area contributed by atoms with E-state index in [0.29, 0.717) is 18.0 Å². The molecule has 34 heavy (non-hydrogen) atoms. The SMILES string of the molecule is CCNc1cc(Oc2ccc(N(c3ccc(C)cc3)S(=O)O)c(C(=O)OC)c2)ccc1[N+](=O)[O-]. The number of nitro groups is 1. The zero-order valence-electron chi connectivity index (χ0n) is 18.7. The van der Waals surface area contributed by atoms with Gasteiger partial charge in [-0.2, -0.15) is 0 Å². The van der Waals surface area contributed by atoms with E-state index in [1.807, 2.05) is 13.8 Å². The number of aryl methyl sites for hydroxylation is 1. The summed E-state index contributed by atoms with van der Waals surface area (Å²) >= 11 is -2.49. The molecule has 0 fully saturated rings. The molecule has 11 heteroatoms. The zero-order valence-corrected chi connectivity index (χ0v) is 19.5. The van der Waals surface area contributed by atoms with E-state index in [4.69, 9.17) is 9.47 Å². The van der Waals surface area contributed by atoms with Gasteiger partial charge in [0.15, 0.2) is 0 Å². The second-order valence-corrected chi connectivity index (χ2v) is 7.93. The molecule has 0 bridgehead atoms. The first-order chi connectivity index (χ1) is 16.2. The number of carbonyl (C=O) groups excluding carboxylic acids is 1. The Morgan fingerprint density at radius 2 is 1.76 bits per heavy atom. The maximum atomic E-state index is 12.5. The summed E-state index contributed by atoms with van der Waals surface area (Å²) in [6.07, 6.45) is 0. The fourth-order valence-corrected chi connectivity index (χ4v) is 3.86. The number of ether oxygens (including phenoxy) is 2. The number of carbonyl (C=O) groups is 1. The number of nitro benzene ring substituents is 1. The lowest BCUT2D eigenvalue weighted by Crippen LogP contribution is -2.22. The highest BCUT2D eigenvalue weighted by molar-refractivity contribution is 7.81. The molecule has 1 atom stereocenters. The van der Waals surface area contributed by atoms with Crippen LogP contribution in [0, 0.1) is 17.0 Å². The molecule has 0 spiro atoms. The van der Waals surface area contributed by atoms with E-state index in [9.17, 15) is 23.7 Å². The molecule has 178 valence electrons. The normalized spacial score (nSPS) is 11.4. The second kappa shape index (κ2) is 10.8. The summed E-state index contributed by atoms with van der Waals surface area (Å²) in [4.78, 5) is 23.3. The van der Waals surface area contributed by atoms with E-state index < -0.39 is 22.2 Å². The van der Waals surface area contributed by atoms with Crippen LogP contribution >= 0.6 is 0 Å². The Labute approximate surface area is 198 Å². The average molecular weight is 486 g/mol. The third-order valence-corrected chi connectivity index (χ3v) is 5.50. The van der Waals surface area contributed by atoms with Crippen molar-refractivity contribution in [3.63, 3.8) is 0 Å². The van der Waals surface area contributed by atoms with Crippen molar-refractivity contribution in [3.05, 3.63) is 81.9 Å². The lowest BCUT2D eigenvalue weighted by atomic mass is 10.1. The summed E-state index contributed by atoms with van der Waals surface area (Å²) in [6.45, 7) is 4.16. The first kappa shape index (κ1) is 24.7. The van der Waals surface area contributed by atoms with Gasteiger partial charge in [0, 0.05) is 18.7 Å². The fraction of sp³-hybridized carbons (Fsp3) is 0.174. The molecule has 3 aromatic carbocycles. The first-order valence-corrected chi connectivity index (χ1v) is 11.2. The van der Waals surface area contributed by atoms with Gasteiger partial charge in [0.25, 0.3) is 17.0 Å². The molecule has 0 radical (unpaired) electrons. The topological polar surface area (TPSA) is 131 Å². The van der Waals surface area contributed by atoms with Gasteiger partial charge >= 0.3 is 5.97 Å². The van der Waals surface area contributed by atoms with E-state index in [1.54, 1.807) is 24.3 Å². The van der Waals surface area contributed by atoms with Gasteiger partial charge in [-0.25, -0.2) is 13.3 Å². The number of nitrogens with one attached hydrogen (secondary N) is 1. The van der Waals surface area contributed by atoms with Crippen molar-refractivity contribution in [1.29, 1.82) is 0 Å². The smallest absolute Gasteiger partial charge is 0.340 e. The van der Waals surface area contributed by atoms with Crippen molar-refractivity contribution in [2.75, 3.05) is 23.3 Å². The van der Waals surface area contributed by atoms with Gasteiger partial charge in [0.1, 0.15) is 17.2 Å². The van der Waals surface area contributed by atoms with Crippen LogP contribution in [-0.4, -0.2) is 33.3 Å². The van der Waals surface area contributed by atoms with Crippen LogP contribution in [0.25, 0.3) is 0 Å². The van der Waals surface area contributed by atoms with Gasteiger partial charge in [-0.3, -0.25) is 14.7 Å². The summed E-state index contributed by atoms with van der Waals surface area (Å²) in [7, 11) is 1.20. The molecular weight excluding hydrogens is 462 g/mol. The molecule has 3 aromatic rings. The lowest BCUT2D eigenvalue weighted by molar-refractivity contribution is -0.384. The molecule has 0 heterocycles. The quantitative estimate of drug-likeness (QED) is 0.183. The number of benzene rings is 3. The van der Waals surface area contributed by atoms with Crippen molar-refractivity contribution in [1.82, 2.24) is 0 Å². The Balaban J connectivity index is 2.03. The Bertz CT molecular complexity index is 1230. The van der Waals surface area contributed by atoms with Gasteiger partial charge in [0.2, 0.25) is 0 Å². The molecule has 0 aliphatic heterocycles. The standard InChI is InChI=1S/C23H23N3O7S/c1-4-24-20-14-18(10-12-22(20)26(28)29)33-17-9-11-21(19(13-17)23(27)32-3)25(34(30)31)16-7-5-15(2)6-8-16/h5-14,24H,4H2,1-3H3,(H,30,31). The molecule has 0 aliphatic carbocycles. The lowest BCUT2D eigenvalue weighted by Gasteiger charge is -2.23. The van der Waals surface area contributed by atoms with Crippen LogP contribution in [0.1, 0.15) is 22.8 Å². The predicted octanol–water partition coefficient (Wildman–Crippen LogP) is 5.19. The van der Waals surface area contributed by atoms with Crippen LogP contribution in [0.15, 0.2) is 60.7 Å². The first-order valence-electron chi connectivity index (χ1n) is 10.2. The Hall–Kier alpha value is -3.96. The fourth-order valence-electron chi connectivity index (χ4n) is 3.23. The van der Waals surface area contributed by atoms with Crippen molar-refractivity contribution in [2.45, 2.75) is 13.8 Å². The number of anilines is 3. The number of methoxy groups -OCH3 is 1. The van der Waals surface area contributed by atoms with Crippen molar-refractivity contribution >= 4 is 40.0 Å². The van der Waals surface area contributed by atoms with Crippen LogP contribution in [0.3, 0.4) is 0 Å². The minimum Gasteiger partial charge on any atom is -0.465 e. The number of hydrogen-bond donors (Lipinski definition) is 2. The van der Waals surface area contributed by atoms with Gasteiger partial charge in [-0.05, 0) is 50.2 Å². The van der Waals surface area contributed by atoms with Crippen molar-refractivity contribution < 1.29 is 28.0 Å². The Morgan fingerprint density at radius 3 is 2.35 bits per heavy atom. The molecule has 0 saturated carbocycles. The predicted molar refractivity (Wildman–Crippen MR) is 129 cm³/mol. The molecule has 3 rings (SSSR count). The highest BCUT2D eigenvalue weighted by Crippen LogP contribution is 2.36. The minimum atomic E-state index is -2.49. The number of rotatable bonds is 9. The van der Waals surface area contributed by atoms with Gasteiger partial charge in [0.05, 0.1) is 29.0 Å². The molecule has 2 N–H and O–H groups in total. The molecule has 0 aliphatic rings. The Morgan fingerprint density at radius 1 is 1.12 bits per heavy atom. The summed E-state index contributed by atoms with van der Waals surface area (Å²) < 4.78 is 34.0. The van der Waals surface area contributed by atoms with Gasteiger partial charge in [-0.1, -0.05) is 17.7 Å². The monoisotopic (exact) mass is 485 g/mol. The maximum Gasteiger partial charge on any atom is 0.340 e. The van der Waals surface area contributed by atoms with Crippen molar-refractivity contribution in [3.8, 4) is 11.5 Å². The third-order valence-electron chi connectivity index (χ3n) is 4.78. The number of esters is 1. The average Bonchev–Trinajstić information content (AvgIpc) is 2.80. The largest absolute Gasteiger partial charge is 0.465 e. The summed E-state index contributed by atoms with van der Waals surface area (Å²) in [5, 5.41) is 14.2. The second-order valence-electron chi connectivity index (χ2n) is 7.10. The van der Waals surface area contributed by atoms with Crippen LogP contribution < -0.4 is 14.4 Å². The van der Waals surface area contributed by atoms with Gasteiger partial charge in [-0.15, -0.1) is 0 Å². The summed E-state index contributed by atoms with van der Waals surface area (Å²) in [5.74, 6) is -0.209. The highest BCUT2D eigenvalue weighted by atomic mass is 32.2. The summed E-state index contributed by atoms with van der Waals surface area (Å²) in [5.41, 5.74) is 1.69. The van der Waals surface area contributed by atoms with Gasteiger partial charge < -0.3 is 14.8 Å².